The number of hydrogen-bond acceptors (Lipinski definition) is 3. The molecule has 1 rings (SSSR count). The van der Waals surface area contributed by atoms with Crippen LogP contribution < -0.4 is 10.5 Å². The maximum Gasteiger partial charge on any atom is 0.573 e. The van der Waals surface area contributed by atoms with E-state index >= 15 is 0 Å². The van der Waals surface area contributed by atoms with Gasteiger partial charge in [0.25, 0.3) is 0 Å². The molecule has 0 atom stereocenters. The van der Waals surface area contributed by atoms with E-state index in [9.17, 15) is 18.0 Å². The largest absolute Gasteiger partial charge is 0.573 e. The van der Waals surface area contributed by atoms with Gasteiger partial charge in [0.05, 0.1) is 5.56 Å². The van der Waals surface area contributed by atoms with Crippen molar-refractivity contribution in [2.45, 2.75) is 6.36 Å². The Morgan fingerprint density at radius 3 is 2.40 bits per heavy atom. The Balaban J connectivity index is 2.97. The van der Waals surface area contributed by atoms with Crippen LogP contribution in [0.5, 0.6) is 5.75 Å². The summed E-state index contributed by atoms with van der Waals surface area (Å²) >= 11 is 0. The molecule has 0 fully saturated rings. The number of anilines is 1. The topological polar surface area (TPSA) is 72.5 Å². The third-order valence-corrected chi connectivity index (χ3v) is 1.49. The summed E-state index contributed by atoms with van der Waals surface area (Å²) < 4.78 is 38.8. The van der Waals surface area contributed by atoms with E-state index in [1.807, 2.05) is 0 Å². The van der Waals surface area contributed by atoms with Gasteiger partial charge >= 0.3 is 12.3 Å². The van der Waals surface area contributed by atoms with Crippen LogP contribution in [0.3, 0.4) is 0 Å². The first-order chi connectivity index (χ1) is 6.79. The molecule has 15 heavy (non-hydrogen) atoms. The average Bonchev–Trinajstić information content (AvgIpc) is 1.99. The molecule has 82 valence electrons. The van der Waals surface area contributed by atoms with E-state index in [2.05, 4.69) is 4.74 Å². The molecule has 0 unspecified atom stereocenters. The van der Waals surface area contributed by atoms with Crippen LogP contribution in [0.15, 0.2) is 18.2 Å². The summed E-state index contributed by atoms with van der Waals surface area (Å²) in [5, 5.41) is 8.55. The molecule has 0 amide bonds. The summed E-state index contributed by atoms with van der Waals surface area (Å²) in [6, 6.07) is 2.63. The Hall–Kier alpha value is -1.92. The number of ether oxygens (including phenoxy) is 1. The highest BCUT2D eigenvalue weighted by Gasteiger charge is 2.31. The molecule has 0 saturated heterocycles. The quantitative estimate of drug-likeness (QED) is 0.747. The fourth-order valence-corrected chi connectivity index (χ4v) is 0.933. The third-order valence-electron chi connectivity index (χ3n) is 1.49. The standard InChI is InChI=1S/C8H6F3NO3/c9-8(10,11)15-4-1-2-5(7(13)14)6(12)3-4/h1-3H,12H2,(H,13,14). The maximum absolute atomic E-state index is 11.8. The Bertz CT molecular complexity index is 389. The number of halogens is 3. The number of alkyl halides is 3. The summed E-state index contributed by atoms with van der Waals surface area (Å²) in [5.74, 6) is -1.86. The van der Waals surface area contributed by atoms with Gasteiger partial charge in [0, 0.05) is 11.8 Å². The molecule has 0 aliphatic carbocycles. The van der Waals surface area contributed by atoms with Gasteiger partial charge in [0.2, 0.25) is 0 Å². The van der Waals surface area contributed by atoms with E-state index in [0.717, 1.165) is 18.2 Å². The van der Waals surface area contributed by atoms with Crippen LogP contribution >= 0.6 is 0 Å². The molecule has 0 aliphatic rings. The van der Waals surface area contributed by atoms with Gasteiger partial charge in [-0.1, -0.05) is 0 Å². The van der Waals surface area contributed by atoms with Crippen molar-refractivity contribution in [1.82, 2.24) is 0 Å². The number of benzene rings is 1. The molecular weight excluding hydrogens is 215 g/mol. The Morgan fingerprint density at radius 1 is 1.40 bits per heavy atom. The molecule has 7 heteroatoms. The second-order valence-corrected chi connectivity index (χ2v) is 2.60. The molecular formula is C8H6F3NO3. The number of hydrogen-bond donors (Lipinski definition) is 2. The van der Waals surface area contributed by atoms with Crippen molar-refractivity contribution in [2.24, 2.45) is 0 Å². The van der Waals surface area contributed by atoms with Gasteiger partial charge in [-0.25, -0.2) is 4.79 Å². The van der Waals surface area contributed by atoms with Crippen molar-refractivity contribution in [3.63, 3.8) is 0 Å². The summed E-state index contributed by atoms with van der Waals surface area (Å²) in [7, 11) is 0. The van der Waals surface area contributed by atoms with Crippen LogP contribution in [-0.4, -0.2) is 17.4 Å². The Kier molecular flexibility index (Phi) is 2.74. The van der Waals surface area contributed by atoms with Crippen LogP contribution in [0.4, 0.5) is 18.9 Å². The van der Waals surface area contributed by atoms with E-state index in [1.54, 1.807) is 0 Å². The highest BCUT2D eigenvalue weighted by atomic mass is 19.4. The van der Waals surface area contributed by atoms with Gasteiger partial charge in [-0.3, -0.25) is 0 Å². The highest BCUT2D eigenvalue weighted by molar-refractivity contribution is 5.93. The molecule has 0 aliphatic heterocycles. The van der Waals surface area contributed by atoms with Crippen LogP contribution in [0, 0.1) is 0 Å². The first-order valence-electron chi connectivity index (χ1n) is 3.68. The fourth-order valence-electron chi connectivity index (χ4n) is 0.933. The second-order valence-electron chi connectivity index (χ2n) is 2.60. The smallest absolute Gasteiger partial charge is 0.478 e. The zero-order chi connectivity index (χ0) is 11.6. The lowest BCUT2D eigenvalue weighted by molar-refractivity contribution is -0.274. The summed E-state index contributed by atoms with van der Waals surface area (Å²) in [5.41, 5.74) is 4.65. The summed E-state index contributed by atoms with van der Waals surface area (Å²) in [6.45, 7) is 0. The van der Waals surface area contributed by atoms with E-state index < -0.39 is 18.1 Å². The third kappa shape index (κ3) is 3.04. The predicted molar refractivity (Wildman–Crippen MR) is 44.5 cm³/mol. The average molecular weight is 221 g/mol. The van der Waals surface area contributed by atoms with Crippen molar-refractivity contribution < 1.29 is 27.8 Å². The van der Waals surface area contributed by atoms with Crippen molar-refractivity contribution in [3.05, 3.63) is 23.8 Å². The van der Waals surface area contributed by atoms with Gasteiger partial charge in [-0.05, 0) is 12.1 Å². The van der Waals surface area contributed by atoms with Gasteiger partial charge in [0.15, 0.2) is 0 Å². The van der Waals surface area contributed by atoms with Crippen LogP contribution in [0.2, 0.25) is 0 Å². The molecule has 0 spiro atoms. The number of aromatic carboxylic acids is 1. The molecule has 3 N–H and O–H groups in total. The van der Waals surface area contributed by atoms with E-state index in [-0.39, 0.29) is 11.3 Å². The Morgan fingerprint density at radius 2 is 2.00 bits per heavy atom. The fraction of sp³-hybridized carbons (Fsp3) is 0.125. The lowest BCUT2D eigenvalue weighted by Gasteiger charge is -2.09. The molecule has 0 heterocycles. The second kappa shape index (κ2) is 3.68. The zero-order valence-electron chi connectivity index (χ0n) is 7.21. The zero-order valence-corrected chi connectivity index (χ0v) is 7.21. The number of carboxylic acids is 1. The first kappa shape index (κ1) is 11.2. The van der Waals surface area contributed by atoms with E-state index in [4.69, 9.17) is 10.8 Å². The number of carboxylic acid groups (broad SMARTS) is 1. The van der Waals surface area contributed by atoms with Gasteiger partial charge in [-0.15, -0.1) is 13.2 Å². The first-order valence-corrected chi connectivity index (χ1v) is 3.68. The Labute approximate surface area is 82.1 Å². The number of rotatable bonds is 2. The highest BCUT2D eigenvalue weighted by Crippen LogP contribution is 2.26. The molecule has 0 bridgehead atoms. The SMILES string of the molecule is Nc1cc(OC(F)(F)F)ccc1C(=O)O. The van der Waals surface area contributed by atoms with E-state index in [0.29, 0.717) is 0 Å². The van der Waals surface area contributed by atoms with Gasteiger partial charge in [0.1, 0.15) is 5.75 Å². The lowest BCUT2D eigenvalue weighted by Crippen LogP contribution is -2.17. The maximum atomic E-state index is 11.8. The molecule has 1 aromatic carbocycles. The number of nitrogen functional groups attached to an aromatic ring is 1. The van der Waals surface area contributed by atoms with Gasteiger partial charge < -0.3 is 15.6 Å². The normalized spacial score (nSPS) is 11.1. The molecule has 0 saturated carbocycles. The molecule has 0 aromatic heterocycles. The van der Waals surface area contributed by atoms with Crippen molar-refractivity contribution >= 4 is 11.7 Å². The molecule has 4 nitrogen and oxygen atoms in total. The van der Waals surface area contributed by atoms with Crippen molar-refractivity contribution in [1.29, 1.82) is 0 Å². The van der Waals surface area contributed by atoms with Crippen LogP contribution in [-0.2, 0) is 0 Å². The van der Waals surface area contributed by atoms with Crippen molar-refractivity contribution in [3.8, 4) is 5.75 Å². The van der Waals surface area contributed by atoms with Crippen molar-refractivity contribution in [2.75, 3.05) is 5.73 Å². The monoisotopic (exact) mass is 221 g/mol. The number of nitrogens with two attached hydrogens (primary N) is 1. The van der Waals surface area contributed by atoms with E-state index in [1.165, 1.54) is 0 Å². The minimum Gasteiger partial charge on any atom is -0.478 e. The van der Waals surface area contributed by atoms with Crippen LogP contribution in [0.1, 0.15) is 10.4 Å². The van der Waals surface area contributed by atoms with Gasteiger partial charge in [-0.2, -0.15) is 0 Å². The minimum atomic E-state index is -4.82. The summed E-state index contributed by atoms with van der Waals surface area (Å²) in [6.07, 6.45) is -4.82. The molecule has 0 radical (unpaired) electrons. The number of carbonyl (C=O) groups is 1. The molecule has 1 aromatic rings. The predicted octanol–water partition coefficient (Wildman–Crippen LogP) is 1.87. The minimum absolute atomic E-state index is 0.274. The van der Waals surface area contributed by atoms with Crippen LogP contribution in [0.25, 0.3) is 0 Å². The lowest BCUT2D eigenvalue weighted by atomic mass is 10.2. The summed E-state index contributed by atoms with van der Waals surface area (Å²) in [4.78, 5) is 10.5.